The highest BCUT2D eigenvalue weighted by Crippen LogP contribution is 2.35. The number of nitrogens with one attached hydrogen (secondary N) is 1. The van der Waals surface area contributed by atoms with Crippen LogP contribution < -0.4 is 0 Å². The molecule has 0 atom stereocenters. The number of pyridine rings is 2. The van der Waals surface area contributed by atoms with Crippen LogP contribution in [0.25, 0.3) is 56.5 Å². The van der Waals surface area contributed by atoms with Crippen molar-refractivity contribution < 1.29 is 0 Å². The second kappa shape index (κ2) is 8.05. The summed E-state index contributed by atoms with van der Waals surface area (Å²) in [4.78, 5) is 22.7. The Morgan fingerprint density at radius 2 is 1.30 bits per heavy atom. The monoisotopic (exact) mass is 427 g/mol. The lowest BCUT2D eigenvalue weighted by Crippen LogP contribution is -1.95. The van der Waals surface area contributed by atoms with Crippen LogP contribution in [-0.2, 0) is 0 Å². The van der Waals surface area contributed by atoms with Crippen LogP contribution >= 0.6 is 0 Å². The highest BCUT2D eigenvalue weighted by atomic mass is 15.2. The number of hydrogen-bond acceptors (Lipinski definition) is 6. The van der Waals surface area contributed by atoms with E-state index in [9.17, 15) is 0 Å². The van der Waals surface area contributed by atoms with Crippen LogP contribution in [0.2, 0.25) is 0 Å². The van der Waals surface area contributed by atoms with Crippen molar-refractivity contribution in [2.75, 3.05) is 0 Å². The molecule has 0 fully saturated rings. The molecule has 0 aliphatic heterocycles. The lowest BCUT2D eigenvalue weighted by atomic mass is 9.97. The standard InChI is InChI=1S/C26H17N7/c1-3-8-17(9-4-1)19-16-20-21(30-22(19)18-10-5-2-6-11-18)12-15-27-23(20)24-31-26(33-32-24)25-28-13-7-14-29-25/h1-16H,(H,31,32,33). The van der Waals surface area contributed by atoms with Crippen LogP contribution in [0.1, 0.15) is 0 Å². The maximum Gasteiger partial charge on any atom is 0.200 e. The molecule has 7 nitrogen and oxygen atoms in total. The van der Waals surface area contributed by atoms with Gasteiger partial charge in [-0.2, -0.15) is 5.10 Å². The van der Waals surface area contributed by atoms with E-state index in [1.54, 1.807) is 24.7 Å². The molecule has 6 aromatic rings. The molecule has 33 heavy (non-hydrogen) atoms. The fourth-order valence-electron chi connectivity index (χ4n) is 3.82. The average molecular weight is 427 g/mol. The van der Waals surface area contributed by atoms with Crippen LogP contribution in [0.15, 0.2) is 97.5 Å². The highest BCUT2D eigenvalue weighted by molar-refractivity contribution is 5.97. The zero-order valence-electron chi connectivity index (χ0n) is 17.4. The SMILES string of the molecule is c1ccc(-c2cc3c(-c4n[nH]c(-c5ncccn5)n4)nccc3nc2-c2ccccc2)cc1. The van der Waals surface area contributed by atoms with Crippen molar-refractivity contribution in [2.24, 2.45) is 0 Å². The summed E-state index contributed by atoms with van der Waals surface area (Å²) in [7, 11) is 0. The van der Waals surface area contributed by atoms with Gasteiger partial charge in [-0.1, -0.05) is 60.7 Å². The Morgan fingerprint density at radius 1 is 0.576 bits per heavy atom. The number of hydrogen-bond donors (Lipinski definition) is 1. The van der Waals surface area contributed by atoms with Gasteiger partial charge in [-0.25, -0.2) is 19.9 Å². The summed E-state index contributed by atoms with van der Waals surface area (Å²) in [5.74, 6) is 1.43. The first-order valence-electron chi connectivity index (χ1n) is 10.5. The third kappa shape index (κ3) is 3.51. The Labute approximate surface area is 189 Å². The van der Waals surface area contributed by atoms with Crippen molar-refractivity contribution in [3.63, 3.8) is 0 Å². The van der Waals surface area contributed by atoms with Crippen LogP contribution in [-0.4, -0.2) is 35.1 Å². The summed E-state index contributed by atoms with van der Waals surface area (Å²) >= 11 is 0. The van der Waals surface area contributed by atoms with Gasteiger partial charge in [0.05, 0.1) is 11.2 Å². The number of nitrogens with zero attached hydrogens (tertiary/aromatic N) is 6. The highest BCUT2D eigenvalue weighted by Gasteiger charge is 2.17. The Kier molecular flexibility index (Phi) is 4.62. The Balaban J connectivity index is 1.56. The van der Waals surface area contributed by atoms with Crippen LogP contribution in [0, 0.1) is 0 Å². The lowest BCUT2D eigenvalue weighted by molar-refractivity contribution is 1.06. The molecule has 0 spiro atoms. The summed E-state index contributed by atoms with van der Waals surface area (Å²) in [6.07, 6.45) is 5.07. The van der Waals surface area contributed by atoms with Crippen molar-refractivity contribution in [1.82, 2.24) is 35.1 Å². The summed E-state index contributed by atoms with van der Waals surface area (Å²) < 4.78 is 0. The molecule has 7 heteroatoms. The molecule has 0 radical (unpaired) electrons. The average Bonchev–Trinajstić information content (AvgIpc) is 3.39. The molecule has 0 aliphatic rings. The van der Waals surface area contributed by atoms with Crippen molar-refractivity contribution >= 4 is 10.9 Å². The molecule has 0 bridgehead atoms. The Bertz CT molecular complexity index is 1550. The summed E-state index contributed by atoms with van der Waals surface area (Å²) in [6.45, 7) is 0. The van der Waals surface area contributed by atoms with E-state index in [0.29, 0.717) is 23.2 Å². The van der Waals surface area contributed by atoms with Gasteiger partial charge in [0.25, 0.3) is 0 Å². The molecule has 0 unspecified atom stereocenters. The number of fused-ring (bicyclic) bond motifs is 1. The summed E-state index contributed by atoms with van der Waals surface area (Å²) in [6, 6.07) is 26.2. The van der Waals surface area contributed by atoms with Gasteiger partial charge in [-0.3, -0.25) is 10.1 Å². The maximum atomic E-state index is 5.04. The topological polar surface area (TPSA) is 93.1 Å². The van der Waals surface area contributed by atoms with E-state index < -0.39 is 0 Å². The second-order valence-electron chi connectivity index (χ2n) is 7.42. The molecular weight excluding hydrogens is 410 g/mol. The number of aromatic nitrogens is 7. The first-order chi connectivity index (χ1) is 16.4. The third-order valence-corrected chi connectivity index (χ3v) is 5.35. The van der Waals surface area contributed by atoms with Gasteiger partial charge in [0.2, 0.25) is 5.82 Å². The van der Waals surface area contributed by atoms with Crippen molar-refractivity contribution in [2.45, 2.75) is 0 Å². The Morgan fingerprint density at radius 3 is 2.06 bits per heavy atom. The van der Waals surface area contributed by atoms with E-state index >= 15 is 0 Å². The van der Waals surface area contributed by atoms with Gasteiger partial charge >= 0.3 is 0 Å². The van der Waals surface area contributed by atoms with E-state index in [4.69, 9.17) is 4.98 Å². The molecule has 0 amide bonds. The predicted octanol–water partition coefficient (Wildman–Crippen LogP) is 5.21. The first kappa shape index (κ1) is 18.9. The number of rotatable bonds is 4. The van der Waals surface area contributed by atoms with Crippen LogP contribution in [0.5, 0.6) is 0 Å². The number of benzene rings is 2. The minimum atomic E-state index is 0.469. The lowest BCUT2D eigenvalue weighted by Gasteiger charge is -2.12. The van der Waals surface area contributed by atoms with Gasteiger partial charge in [0.1, 0.15) is 5.69 Å². The molecule has 0 aliphatic carbocycles. The van der Waals surface area contributed by atoms with Gasteiger partial charge in [0, 0.05) is 35.1 Å². The zero-order valence-corrected chi connectivity index (χ0v) is 17.4. The molecule has 2 aromatic carbocycles. The van der Waals surface area contributed by atoms with Gasteiger partial charge in [0.15, 0.2) is 11.6 Å². The fourth-order valence-corrected chi connectivity index (χ4v) is 3.82. The van der Waals surface area contributed by atoms with E-state index in [1.807, 2.05) is 42.5 Å². The van der Waals surface area contributed by atoms with Crippen molar-refractivity contribution in [3.8, 4) is 45.6 Å². The van der Waals surface area contributed by atoms with Gasteiger partial charge < -0.3 is 0 Å². The molecule has 6 rings (SSSR count). The molecule has 0 saturated heterocycles. The largest absolute Gasteiger partial charge is 0.256 e. The van der Waals surface area contributed by atoms with Gasteiger partial charge in [-0.15, -0.1) is 0 Å². The summed E-state index contributed by atoms with van der Waals surface area (Å²) in [5.41, 5.74) is 5.54. The minimum absolute atomic E-state index is 0.469. The fraction of sp³-hybridized carbons (Fsp3) is 0. The summed E-state index contributed by atoms with van der Waals surface area (Å²) in [5, 5.41) is 8.18. The quantitative estimate of drug-likeness (QED) is 0.415. The number of H-pyrrole nitrogens is 1. The van der Waals surface area contributed by atoms with Crippen molar-refractivity contribution in [1.29, 1.82) is 0 Å². The molecule has 0 saturated carbocycles. The minimum Gasteiger partial charge on any atom is -0.256 e. The van der Waals surface area contributed by atoms with Crippen LogP contribution in [0.4, 0.5) is 0 Å². The third-order valence-electron chi connectivity index (χ3n) is 5.35. The predicted molar refractivity (Wildman–Crippen MR) is 127 cm³/mol. The molecule has 4 aromatic heterocycles. The van der Waals surface area contributed by atoms with E-state index in [2.05, 4.69) is 60.5 Å². The maximum absolute atomic E-state index is 5.04. The smallest absolute Gasteiger partial charge is 0.200 e. The molecule has 4 heterocycles. The first-order valence-corrected chi connectivity index (χ1v) is 10.5. The zero-order chi connectivity index (χ0) is 22.0. The second-order valence-corrected chi connectivity index (χ2v) is 7.42. The van der Waals surface area contributed by atoms with E-state index in [0.717, 1.165) is 33.3 Å². The van der Waals surface area contributed by atoms with E-state index in [1.165, 1.54) is 0 Å². The molecular formula is C26H17N7. The molecule has 156 valence electrons. The van der Waals surface area contributed by atoms with Crippen LogP contribution in [0.3, 0.4) is 0 Å². The normalized spacial score (nSPS) is 11.0. The Hall–Kier alpha value is -4.78. The molecule has 1 N–H and O–H groups in total. The van der Waals surface area contributed by atoms with E-state index in [-0.39, 0.29) is 0 Å². The van der Waals surface area contributed by atoms with Gasteiger partial charge in [-0.05, 0) is 23.8 Å². The van der Waals surface area contributed by atoms with Crippen molar-refractivity contribution in [3.05, 3.63) is 97.5 Å². The number of aromatic amines is 1.